The third-order valence-electron chi connectivity index (χ3n) is 6.30. The van der Waals surface area contributed by atoms with E-state index in [1.54, 1.807) is 0 Å². The highest BCUT2D eigenvalue weighted by Gasteiger charge is 2.32. The van der Waals surface area contributed by atoms with E-state index in [1.165, 1.54) is 0 Å². The van der Waals surface area contributed by atoms with Crippen LogP contribution in [0.5, 0.6) is 0 Å². The average Bonchev–Trinajstić information content (AvgIpc) is 2.73. The van der Waals surface area contributed by atoms with E-state index in [2.05, 4.69) is 11.9 Å². The number of para-hydroxylation sites is 1. The first-order chi connectivity index (χ1) is 13.5. The molecule has 3 heterocycles. The number of amides is 2. The van der Waals surface area contributed by atoms with Gasteiger partial charge in [-0.2, -0.15) is 0 Å². The molecule has 2 amide bonds. The number of benzene rings is 1. The van der Waals surface area contributed by atoms with Gasteiger partial charge in [0, 0.05) is 43.2 Å². The topological polar surface area (TPSA) is 53.5 Å². The first kappa shape index (κ1) is 18.9. The van der Waals surface area contributed by atoms with E-state index in [-0.39, 0.29) is 11.8 Å². The molecule has 0 atom stereocenters. The quantitative estimate of drug-likeness (QED) is 0.800. The fraction of sp³-hybridized carbons (Fsp3) is 0.522. The normalized spacial score (nSPS) is 19.2. The van der Waals surface area contributed by atoms with Crippen LogP contribution in [0, 0.1) is 18.8 Å². The number of fused-ring (bicyclic) bond motifs is 1. The van der Waals surface area contributed by atoms with E-state index in [4.69, 9.17) is 0 Å². The molecule has 0 saturated carbocycles. The number of hydrogen-bond donors (Lipinski definition) is 0. The van der Waals surface area contributed by atoms with Gasteiger partial charge in [0.05, 0.1) is 11.1 Å². The highest BCUT2D eigenvalue weighted by atomic mass is 16.2. The molecule has 28 heavy (non-hydrogen) atoms. The van der Waals surface area contributed by atoms with Crippen LogP contribution in [0.2, 0.25) is 0 Å². The molecule has 0 N–H and O–H groups in total. The SMILES string of the molecule is Cc1cc(C(=O)N2CCC(C(=O)N3CCC(C)CC3)CC2)c2ccccc2n1. The van der Waals surface area contributed by atoms with Crippen molar-refractivity contribution < 1.29 is 9.59 Å². The van der Waals surface area contributed by atoms with Crippen molar-refractivity contribution in [2.24, 2.45) is 11.8 Å². The third kappa shape index (κ3) is 3.75. The predicted molar refractivity (Wildman–Crippen MR) is 110 cm³/mol. The van der Waals surface area contributed by atoms with Crippen molar-refractivity contribution in [2.75, 3.05) is 26.2 Å². The molecule has 5 heteroatoms. The van der Waals surface area contributed by atoms with E-state index >= 15 is 0 Å². The summed E-state index contributed by atoms with van der Waals surface area (Å²) in [5.74, 6) is 1.14. The van der Waals surface area contributed by atoms with Crippen molar-refractivity contribution in [3.8, 4) is 0 Å². The Bertz CT molecular complexity index is 879. The lowest BCUT2D eigenvalue weighted by Crippen LogP contribution is -2.46. The molecular formula is C23H29N3O2. The molecule has 0 spiro atoms. The number of aromatic nitrogens is 1. The van der Waals surface area contributed by atoms with Gasteiger partial charge in [-0.25, -0.2) is 0 Å². The molecule has 0 radical (unpaired) electrons. The smallest absolute Gasteiger partial charge is 0.254 e. The van der Waals surface area contributed by atoms with Crippen LogP contribution in [-0.2, 0) is 4.79 Å². The number of likely N-dealkylation sites (tertiary alicyclic amines) is 2. The van der Waals surface area contributed by atoms with Crippen LogP contribution < -0.4 is 0 Å². The lowest BCUT2D eigenvalue weighted by molar-refractivity contribution is -0.138. The Morgan fingerprint density at radius 1 is 0.964 bits per heavy atom. The van der Waals surface area contributed by atoms with Crippen molar-refractivity contribution in [3.05, 3.63) is 41.6 Å². The summed E-state index contributed by atoms with van der Waals surface area (Å²) in [4.78, 5) is 34.5. The molecule has 1 aromatic heterocycles. The van der Waals surface area contributed by atoms with Gasteiger partial charge in [0.15, 0.2) is 0 Å². The van der Waals surface area contributed by atoms with Gasteiger partial charge in [0.2, 0.25) is 5.91 Å². The second kappa shape index (κ2) is 7.90. The molecule has 2 saturated heterocycles. The fourth-order valence-corrected chi connectivity index (χ4v) is 4.47. The van der Waals surface area contributed by atoms with Crippen molar-refractivity contribution in [1.29, 1.82) is 0 Å². The zero-order chi connectivity index (χ0) is 19.7. The maximum Gasteiger partial charge on any atom is 0.254 e. The van der Waals surface area contributed by atoms with Crippen LogP contribution >= 0.6 is 0 Å². The van der Waals surface area contributed by atoms with Gasteiger partial charge in [-0.3, -0.25) is 14.6 Å². The van der Waals surface area contributed by atoms with Crippen LogP contribution in [0.4, 0.5) is 0 Å². The first-order valence-corrected chi connectivity index (χ1v) is 10.5. The number of rotatable bonds is 2. The molecule has 2 aliphatic heterocycles. The summed E-state index contributed by atoms with van der Waals surface area (Å²) in [6, 6.07) is 9.69. The van der Waals surface area contributed by atoms with Crippen LogP contribution in [0.3, 0.4) is 0 Å². The van der Waals surface area contributed by atoms with Gasteiger partial charge in [-0.05, 0) is 50.7 Å². The molecule has 4 rings (SSSR count). The van der Waals surface area contributed by atoms with Gasteiger partial charge in [-0.1, -0.05) is 25.1 Å². The molecule has 5 nitrogen and oxygen atoms in total. The number of carbonyl (C=O) groups is 2. The second-order valence-electron chi connectivity index (χ2n) is 8.40. The van der Waals surface area contributed by atoms with E-state index in [0.29, 0.717) is 19.0 Å². The summed E-state index contributed by atoms with van der Waals surface area (Å²) in [6.07, 6.45) is 3.74. The lowest BCUT2D eigenvalue weighted by Gasteiger charge is -2.36. The third-order valence-corrected chi connectivity index (χ3v) is 6.30. The predicted octanol–water partition coefficient (Wildman–Crippen LogP) is 3.65. The fourth-order valence-electron chi connectivity index (χ4n) is 4.47. The first-order valence-electron chi connectivity index (χ1n) is 10.5. The molecule has 2 aliphatic rings. The zero-order valence-corrected chi connectivity index (χ0v) is 16.9. The summed E-state index contributed by atoms with van der Waals surface area (Å²) in [5, 5.41) is 0.902. The number of aryl methyl sites for hydroxylation is 1. The largest absolute Gasteiger partial charge is 0.342 e. The molecule has 2 aromatic rings. The minimum absolute atomic E-state index is 0.0550. The number of piperidine rings is 2. The Kier molecular flexibility index (Phi) is 5.33. The van der Waals surface area contributed by atoms with E-state index in [1.807, 2.05) is 47.1 Å². The van der Waals surface area contributed by atoms with Gasteiger partial charge < -0.3 is 9.80 Å². The van der Waals surface area contributed by atoms with Gasteiger partial charge in [0.1, 0.15) is 0 Å². The van der Waals surface area contributed by atoms with Crippen molar-refractivity contribution >= 4 is 22.7 Å². The van der Waals surface area contributed by atoms with Gasteiger partial charge >= 0.3 is 0 Å². The van der Waals surface area contributed by atoms with Crippen LogP contribution in [0.1, 0.15) is 48.7 Å². The molecule has 0 aliphatic carbocycles. The number of pyridine rings is 1. The lowest BCUT2D eigenvalue weighted by atomic mass is 9.92. The zero-order valence-electron chi connectivity index (χ0n) is 16.9. The van der Waals surface area contributed by atoms with Crippen LogP contribution in [-0.4, -0.2) is 52.8 Å². The van der Waals surface area contributed by atoms with Crippen molar-refractivity contribution in [1.82, 2.24) is 14.8 Å². The Hall–Kier alpha value is -2.43. The second-order valence-corrected chi connectivity index (χ2v) is 8.40. The van der Waals surface area contributed by atoms with E-state index in [0.717, 1.165) is 66.9 Å². The Morgan fingerprint density at radius 2 is 1.61 bits per heavy atom. The molecule has 2 fully saturated rings. The monoisotopic (exact) mass is 379 g/mol. The maximum absolute atomic E-state index is 13.2. The summed E-state index contributed by atoms with van der Waals surface area (Å²) >= 11 is 0. The van der Waals surface area contributed by atoms with Crippen LogP contribution in [0.25, 0.3) is 10.9 Å². The maximum atomic E-state index is 13.2. The number of carbonyl (C=O) groups excluding carboxylic acids is 2. The van der Waals surface area contributed by atoms with Crippen LogP contribution in [0.15, 0.2) is 30.3 Å². The summed E-state index contributed by atoms with van der Waals surface area (Å²) in [6.45, 7) is 7.26. The summed E-state index contributed by atoms with van der Waals surface area (Å²) in [7, 11) is 0. The summed E-state index contributed by atoms with van der Waals surface area (Å²) < 4.78 is 0. The molecular weight excluding hydrogens is 350 g/mol. The standard InChI is InChI=1S/C23H29N3O2/c1-16-7-11-25(12-8-16)22(27)18-9-13-26(14-10-18)23(28)20-15-17(2)24-21-6-4-3-5-19(20)21/h3-6,15-16,18H,7-14H2,1-2H3. The average molecular weight is 380 g/mol. The molecule has 0 bridgehead atoms. The van der Waals surface area contributed by atoms with Gasteiger partial charge in [-0.15, -0.1) is 0 Å². The minimum Gasteiger partial charge on any atom is -0.342 e. The molecule has 0 unspecified atom stereocenters. The Balaban J connectivity index is 1.43. The van der Waals surface area contributed by atoms with E-state index < -0.39 is 0 Å². The van der Waals surface area contributed by atoms with Gasteiger partial charge in [0.25, 0.3) is 5.91 Å². The summed E-state index contributed by atoms with van der Waals surface area (Å²) in [5.41, 5.74) is 2.43. The van der Waals surface area contributed by atoms with Crippen molar-refractivity contribution in [3.63, 3.8) is 0 Å². The molecule has 148 valence electrons. The van der Waals surface area contributed by atoms with Crippen molar-refractivity contribution in [2.45, 2.75) is 39.5 Å². The Labute approximate surface area is 166 Å². The Morgan fingerprint density at radius 3 is 2.32 bits per heavy atom. The highest BCUT2D eigenvalue weighted by Crippen LogP contribution is 2.26. The number of hydrogen-bond acceptors (Lipinski definition) is 3. The molecule has 1 aromatic carbocycles. The number of nitrogens with zero attached hydrogens (tertiary/aromatic N) is 3. The minimum atomic E-state index is 0.0550. The highest BCUT2D eigenvalue weighted by molar-refractivity contribution is 6.06. The van der Waals surface area contributed by atoms with E-state index in [9.17, 15) is 9.59 Å².